The average molecular weight is 313 g/mol. The van der Waals surface area contributed by atoms with E-state index in [-0.39, 0.29) is 29.4 Å². The number of likely N-dealkylation sites (tertiary alicyclic amines) is 1. The molecule has 1 aliphatic heterocycles. The van der Waals surface area contributed by atoms with Gasteiger partial charge in [0.05, 0.1) is 11.7 Å². The molecule has 0 spiro atoms. The van der Waals surface area contributed by atoms with E-state index in [2.05, 4.69) is 0 Å². The summed E-state index contributed by atoms with van der Waals surface area (Å²) in [7, 11) is 0. The van der Waals surface area contributed by atoms with Gasteiger partial charge in [0.25, 0.3) is 0 Å². The SMILES string of the molecule is O=C(C1CC1c1ccccc1C(F)(F)F)N1CCC(O)CC1. The van der Waals surface area contributed by atoms with Crippen molar-refractivity contribution < 1.29 is 23.1 Å². The highest BCUT2D eigenvalue weighted by Gasteiger charge is 2.49. The summed E-state index contributed by atoms with van der Waals surface area (Å²) in [5.74, 6) is -0.759. The maximum Gasteiger partial charge on any atom is 0.416 e. The van der Waals surface area contributed by atoms with E-state index in [1.54, 1.807) is 11.0 Å². The van der Waals surface area contributed by atoms with Crippen molar-refractivity contribution in [2.24, 2.45) is 5.92 Å². The van der Waals surface area contributed by atoms with Gasteiger partial charge in [-0.25, -0.2) is 0 Å². The van der Waals surface area contributed by atoms with Gasteiger partial charge in [0, 0.05) is 19.0 Å². The Morgan fingerprint density at radius 1 is 1.18 bits per heavy atom. The number of nitrogens with zero attached hydrogens (tertiary/aromatic N) is 1. The van der Waals surface area contributed by atoms with Crippen LogP contribution in [0.4, 0.5) is 13.2 Å². The van der Waals surface area contributed by atoms with Crippen molar-refractivity contribution in [3.8, 4) is 0 Å². The molecule has 2 fully saturated rings. The molecule has 0 bridgehead atoms. The van der Waals surface area contributed by atoms with Gasteiger partial charge in [-0.05, 0) is 36.8 Å². The highest BCUT2D eigenvalue weighted by Crippen LogP contribution is 2.51. The van der Waals surface area contributed by atoms with Crippen LogP contribution in [0.2, 0.25) is 0 Å². The smallest absolute Gasteiger partial charge is 0.393 e. The van der Waals surface area contributed by atoms with Crippen LogP contribution < -0.4 is 0 Å². The first-order chi connectivity index (χ1) is 10.4. The zero-order chi connectivity index (χ0) is 15.9. The summed E-state index contributed by atoms with van der Waals surface area (Å²) in [6.45, 7) is 0.980. The van der Waals surface area contributed by atoms with Gasteiger partial charge < -0.3 is 10.0 Å². The van der Waals surface area contributed by atoms with Gasteiger partial charge in [-0.3, -0.25) is 4.79 Å². The van der Waals surface area contributed by atoms with Gasteiger partial charge in [-0.2, -0.15) is 13.2 Å². The van der Waals surface area contributed by atoms with Gasteiger partial charge in [0.2, 0.25) is 5.91 Å². The molecule has 2 aliphatic rings. The van der Waals surface area contributed by atoms with Crippen LogP contribution in [0.3, 0.4) is 0 Å². The van der Waals surface area contributed by atoms with Gasteiger partial charge in [0.15, 0.2) is 0 Å². The molecule has 1 heterocycles. The van der Waals surface area contributed by atoms with Crippen LogP contribution in [0.5, 0.6) is 0 Å². The lowest BCUT2D eigenvalue weighted by Crippen LogP contribution is -2.41. The zero-order valence-corrected chi connectivity index (χ0v) is 12.0. The predicted molar refractivity (Wildman–Crippen MR) is 74.1 cm³/mol. The Bertz CT molecular complexity index is 565. The first kappa shape index (κ1) is 15.3. The largest absolute Gasteiger partial charge is 0.416 e. The number of rotatable bonds is 2. The number of hydrogen-bond acceptors (Lipinski definition) is 2. The van der Waals surface area contributed by atoms with E-state index in [1.807, 2.05) is 0 Å². The van der Waals surface area contributed by atoms with Crippen molar-refractivity contribution in [3.05, 3.63) is 35.4 Å². The second-order valence-electron chi connectivity index (χ2n) is 6.09. The number of amides is 1. The normalized spacial score (nSPS) is 26.1. The van der Waals surface area contributed by atoms with Crippen LogP contribution in [0.15, 0.2) is 24.3 Å². The Kier molecular flexibility index (Phi) is 3.89. The summed E-state index contributed by atoms with van der Waals surface area (Å²) in [5, 5.41) is 9.46. The third kappa shape index (κ3) is 2.97. The summed E-state index contributed by atoms with van der Waals surface area (Å²) in [6.07, 6.45) is -3.19. The van der Waals surface area contributed by atoms with Crippen LogP contribution in [-0.2, 0) is 11.0 Å². The lowest BCUT2D eigenvalue weighted by molar-refractivity contribution is -0.139. The second-order valence-corrected chi connectivity index (χ2v) is 6.09. The molecule has 1 aliphatic carbocycles. The molecule has 0 radical (unpaired) electrons. The molecule has 0 aromatic heterocycles. The molecule has 2 unspecified atom stereocenters. The molecule has 3 rings (SSSR count). The Hall–Kier alpha value is -1.56. The Labute approximate surface area is 126 Å². The number of alkyl halides is 3. The van der Waals surface area contributed by atoms with Crippen molar-refractivity contribution >= 4 is 5.91 Å². The van der Waals surface area contributed by atoms with Gasteiger partial charge in [-0.1, -0.05) is 18.2 Å². The van der Waals surface area contributed by atoms with Gasteiger partial charge >= 0.3 is 6.18 Å². The molecule has 3 nitrogen and oxygen atoms in total. The number of carbonyl (C=O) groups excluding carboxylic acids is 1. The summed E-state index contributed by atoms with van der Waals surface area (Å²) in [4.78, 5) is 14.0. The maximum absolute atomic E-state index is 13.0. The maximum atomic E-state index is 13.0. The third-order valence-corrected chi connectivity index (χ3v) is 4.55. The number of hydrogen-bond donors (Lipinski definition) is 1. The van der Waals surface area contributed by atoms with Crippen molar-refractivity contribution in [3.63, 3.8) is 0 Å². The second kappa shape index (κ2) is 5.57. The Morgan fingerprint density at radius 3 is 2.45 bits per heavy atom. The predicted octanol–water partition coefficient (Wildman–Crippen LogP) is 2.79. The molecule has 1 saturated heterocycles. The molecule has 2 atom stereocenters. The fourth-order valence-electron chi connectivity index (χ4n) is 3.21. The standard InChI is InChI=1S/C16H18F3NO2/c17-16(18,19)14-4-2-1-3-11(14)12-9-13(12)15(22)20-7-5-10(21)6-8-20/h1-4,10,12-13,21H,5-9H2. The molecular formula is C16H18F3NO2. The van der Waals surface area contributed by atoms with Crippen LogP contribution in [0.1, 0.15) is 36.3 Å². The third-order valence-electron chi connectivity index (χ3n) is 4.55. The summed E-state index contributed by atoms with van der Waals surface area (Å²) in [6, 6.07) is 5.51. The average Bonchev–Trinajstić information content (AvgIpc) is 3.27. The monoisotopic (exact) mass is 313 g/mol. The number of carbonyl (C=O) groups is 1. The molecule has 1 N–H and O–H groups in total. The highest BCUT2D eigenvalue weighted by molar-refractivity contribution is 5.83. The van der Waals surface area contributed by atoms with E-state index < -0.39 is 11.7 Å². The molecule has 1 amide bonds. The van der Waals surface area contributed by atoms with E-state index in [0.29, 0.717) is 32.4 Å². The summed E-state index contributed by atoms with van der Waals surface area (Å²) < 4.78 is 39.1. The lowest BCUT2D eigenvalue weighted by atomic mass is 10.0. The molecule has 120 valence electrons. The van der Waals surface area contributed by atoms with Crippen LogP contribution in [0.25, 0.3) is 0 Å². The number of aliphatic hydroxyl groups is 1. The first-order valence-corrected chi connectivity index (χ1v) is 7.51. The highest BCUT2D eigenvalue weighted by atomic mass is 19.4. The fourth-order valence-corrected chi connectivity index (χ4v) is 3.21. The Balaban J connectivity index is 1.71. The number of halogens is 3. The zero-order valence-electron chi connectivity index (χ0n) is 12.0. The minimum absolute atomic E-state index is 0.0751. The van der Waals surface area contributed by atoms with E-state index in [0.717, 1.165) is 6.07 Å². The van der Waals surface area contributed by atoms with E-state index in [4.69, 9.17) is 0 Å². The van der Waals surface area contributed by atoms with E-state index >= 15 is 0 Å². The van der Waals surface area contributed by atoms with E-state index in [9.17, 15) is 23.1 Å². The quantitative estimate of drug-likeness (QED) is 0.912. The van der Waals surface area contributed by atoms with Crippen LogP contribution >= 0.6 is 0 Å². The van der Waals surface area contributed by atoms with Crippen molar-refractivity contribution in [1.29, 1.82) is 0 Å². The lowest BCUT2D eigenvalue weighted by Gasteiger charge is -2.29. The minimum atomic E-state index is -4.39. The first-order valence-electron chi connectivity index (χ1n) is 7.51. The Morgan fingerprint density at radius 2 is 1.82 bits per heavy atom. The molecule has 1 aromatic carbocycles. The number of aliphatic hydroxyl groups excluding tert-OH is 1. The van der Waals surface area contributed by atoms with Crippen LogP contribution in [0, 0.1) is 5.92 Å². The molecular weight excluding hydrogens is 295 g/mol. The van der Waals surface area contributed by atoms with E-state index in [1.165, 1.54) is 12.1 Å². The fraction of sp³-hybridized carbons (Fsp3) is 0.562. The van der Waals surface area contributed by atoms with Crippen molar-refractivity contribution in [2.45, 2.75) is 37.5 Å². The number of piperidine rings is 1. The molecule has 6 heteroatoms. The topological polar surface area (TPSA) is 40.5 Å². The number of benzene rings is 1. The van der Waals surface area contributed by atoms with Crippen molar-refractivity contribution in [1.82, 2.24) is 4.90 Å². The summed E-state index contributed by atoms with van der Waals surface area (Å²) >= 11 is 0. The molecule has 1 aromatic rings. The molecule has 22 heavy (non-hydrogen) atoms. The molecule has 1 saturated carbocycles. The minimum Gasteiger partial charge on any atom is -0.393 e. The summed E-state index contributed by atoms with van der Waals surface area (Å²) in [5.41, 5.74) is -0.408. The van der Waals surface area contributed by atoms with Crippen LogP contribution in [-0.4, -0.2) is 35.1 Å². The van der Waals surface area contributed by atoms with Gasteiger partial charge in [-0.15, -0.1) is 0 Å². The van der Waals surface area contributed by atoms with Gasteiger partial charge in [0.1, 0.15) is 0 Å². The van der Waals surface area contributed by atoms with Crippen molar-refractivity contribution in [2.75, 3.05) is 13.1 Å².